The molecule has 2 aromatic rings. The molecule has 0 fully saturated rings. The Morgan fingerprint density at radius 3 is 2.90 bits per heavy atom. The number of hydrogen-bond acceptors (Lipinski definition) is 3. The van der Waals surface area contributed by atoms with Gasteiger partial charge < -0.3 is 9.84 Å². The van der Waals surface area contributed by atoms with Gasteiger partial charge in [-0.05, 0) is 34.1 Å². The summed E-state index contributed by atoms with van der Waals surface area (Å²) >= 11 is 3.25. The highest BCUT2D eigenvalue weighted by Crippen LogP contribution is 2.30. The van der Waals surface area contributed by atoms with Crippen molar-refractivity contribution >= 4 is 15.9 Å². The number of aliphatic hydroxyl groups is 1. The molecule has 2 rings (SSSR count). The van der Waals surface area contributed by atoms with Gasteiger partial charge in [-0.25, -0.2) is 8.78 Å². The Bertz CT molecular complexity index is 604. The lowest BCUT2D eigenvalue weighted by molar-refractivity contribution is 0.169. The first-order chi connectivity index (χ1) is 9.54. The van der Waals surface area contributed by atoms with E-state index in [4.69, 9.17) is 4.74 Å². The summed E-state index contributed by atoms with van der Waals surface area (Å²) in [5.41, 5.74) is 0.219. The molecule has 4 nitrogen and oxygen atoms in total. The van der Waals surface area contributed by atoms with Gasteiger partial charge in [0.2, 0.25) is 0 Å². The SMILES string of the molecule is COCCn1ncc(Br)c1C(O)c1cc(F)ccc1F. The molecule has 0 amide bonds. The number of rotatable bonds is 5. The molecule has 0 spiro atoms. The molecule has 0 radical (unpaired) electrons. The minimum Gasteiger partial charge on any atom is -0.383 e. The maximum Gasteiger partial charge on any atom is 0.129 e. The number of aliphatic hydroxyl groups excluding tert-OH is 1. The lowest BCUT2D eigenvalue weighted by Crippen LogP contribution is -2.14. The normalized spacial score (nSPS) is 12.7. The maximum atomic E-state index is 13.7. The first-order valence-corrected chi connectivity index (χ1v) is 6.67. The van der Waals surface area contributed by atoms with Crippen molar-refractivity contribution in [2.45, 2.75) is 12.6 Å². The van der Waals surface area contributed by atoms with Crippen molar-refractivity contribution in [2.24, 2.45) is 0 Å². The molecule has 7 heteroatoms. The summed E-state index contributed by atoms with van der Waals surface area (Å²) in [4.78, 5) is 0. The largest absolute Gasteiger partial charge is 0.383 e. The van der Waals surface area contributed by atoms with Crippen molar-refractivity contribution < 1.29 is 18.6 Å². The number of methoxy groups -OCH3 is 1. The van der Waals surface area contributed by atoms with Crippen LogP contribution in [0.1, 0.15) is 17.4 Å². The fourth-order valence-electron chi connectivity index (χ4n) is 1.87. The lowest BCUT2D eigenvalue weighted by Gasteiger charge is -2.15. The smallest absolute Gasteiger partial charge is 0.129 e. The summed E-state index contributed by atoms with van der Waals surface area (Å²) in [6.07, 6.45) is 0.172. The van der Waals surface area contributed by atoms with Gasteiger partial charge in [0, 0.05) is 12.7 Å². The third-order valence-electron chi connectivity index (χ3n) is 2.85. The molecule has 1 unspecified atom stereocenters. The first-order valence-electron chi connectivity index (χ1n) is 5.87. The summed E-state index contributed by atoms with van der Waals surface area (Å²) in [6.45, 7) is 0.783. The third-order valence-corrected chi connectivity index (χ3v) is 3.46. The van der Waals surface area contributed by atoms with E-state index in [0.717, 1.165) is 18.2 Å². The van der Waals surface area contributed by atoms with Crippen molar-refractivity contribution in [1.29, 1.82) is 0 Å². The van der Waals surface area contributed by atoms with Crippen LogP contribution in [0.4, 0.5) is 8.78 Å². The number of aromatic nitrogens is 2. The molecule has 1 aromatic heterocycles. The van der Waals surface area contributed by atoms with Gasteiger partial charge in [0.1, 0.15) is 17.7 Å². The number of halogens is 3. The fourth-order valence-corrected chi connectivity index (χ4v) is 2.38. The van der Waals surface area contributed by atoms with E-state index in [1.807, 2.05) is 0 Å². The molecular weight excluding hydrogens is 334 g/mol. The van der Waals surface area contributed by atoms with Crippen LogP contribution in [0.25, 0.3) is 0 Å². The Labute approximate surface area is 123 Å². The van der Waals surface area contributed by atoms with E-state index in [0.29, 0.717) is 23.3 Å². The van der Waals surface area contributed by atoms with Crippen molar-refractivity contribution in [1.82, 2.24) is 9.78 Å². The van der Waals surface area contributed by atoms with Crippen LogP contribution in [0, 0.1) is 11.6 Å². The van der Waals surface area contributed by atoms with Crippen molar-refractivity contribution in [3.63, 3.8) is 0 Å². The van der Waals surface area contributed by atoms with E-state index in [2.05, 4.69) is 21.0 Å². The van der Waals surface area contributed by atoms with E-state index >= 15 is 0 Å². The highest BCUT2D eigenvalue weighted by Gasteiger charge is 2.22. The predicted octanol–water partition coefficient (Wildman–Crippen LogP) is 2.65. The van der Waals surface area contributed by atoms with Crippen molar-refractivity contribution in [3.05, 3.63) is 51.8 Å². The molecule has 1 heterocycles. The van der Waals surface area contributed by atoms with Crippen LogP contribution < -0.4 is 0 Å². The molecular formula is C13H13BrF2N2O2. The molecule has 0 saturated heterocycles. The summed E-state index contributed by atoms with van der Waals surface area (Å²) in [5.74, 6) is -1.29. The maximum absolute atomic E-state index is 13.7. The van der Waals surface area contributed by atoms with E-state index in [1.54, 1.807) is 7.11 Å². The van der Waals surface area contributed by atoms with Crippen LogP contribution >= 0.6 is 15.9 Å². The topological polar surface area (TPSA) is 47.3 Å². The molecule has 1 N–H and O–H groups in total. The average Bonchev–Trinajstić information content (AvgIpc) is 2.79. The molecule has 1 atom stereocenters. The van der Waals surface area contributed by atoms with Crippen LogP contribution in [0.15, 0.2) is 28.9 Å². The van der Waals surface area contributed by atoms with Crippen LogP contribution in [-0.4, -0.2) is 28.6 Å². The molecule has 0 aliphatic carbocycles. The standard InChI is InChI=1S/C13H13BrF2N2O2/c1-20-5-4-18-12(10(14)7-17-18)13(19)9-6-8(15)2-3-11(9)16/h2-3,6-7,13,19H,4-5H2,1H3. The van der Waals surface area contributed by atoms with Gasteiger partial charge in [0.25, 0.3) is 0 Å². The van der Waals surface area contributed by atoms with Crippen molar-refractivity contribution in [3.8, 4) is 0 Å². The van der Waals surface area contributed by atoms with Crippen LogP contribution in [-0.2, 0) is 11.3 Å². The van der Waals surface area contributed by atoms with E-state index in [9.17, 15) is 13.9 Å². The highest BCUT2D eigenvalue weighted by atomic mass is 79.9. The summed E-state index contributed by atoms with van der Waals surface area (Å²) in [7, 11) is 1.54. The molecule has 108 valence electrons. The Morgan fingerprint density at radius 1 is 1.45 bits per heavy atom. The number of ether oxygens (including phenoxy) is 1. The van der Waals surface area contributed by atoms with Crippen molar-refractivity contribution in [2.75, 3.05) is 13.7 Å². The zero-order chi connectivity index (χ0) is 14.7. The highest BCUT2D eigenvalue weighted by molar-refractivity contribution is 9.10. The molecule has 20 heavy (non-hydrogen) atoms. The second kappa shape index (κ2) is 6.43. The Balaban J connectivity index is 2.39. The third kappa shape index (κ3) is 3.05. The van der Waals surface area contributed by atoms with Gasteiger partial charge in [-0.1, -0.05) is 0 Å². The summed E-state index contributed by atoms with van der Waals surface area (Å²) in [5, 5.41) is 14.4. The first kappa shape index (κ1) is 15.1. The number of hydrogen-bond donors (Lipinski definition) is 1. The zero-order valence-electron chi connectivity index (χ0n) is 10.7. The van der Waals surface area contributed by atoms with E-state index in [1.165, 1.54) is 10.9 Å². The van der Waals surface area contributed by atoms with Crippen LogP contribution in [0.3, 0.4) is 0 Å². The van der Waals surface area contributed by atoms with E-state index < -0.39 is 17.7 Å². The molecule has 0 aliphatic heterocycles. The van der Waals surface area contributed by atoms with Gasteiger partial charge in [0.15, 0.2) is 0 Å². The molecule has 0 saturated carbocycles. The second-order valence-corrected chi connectivity index (χ2v) is 5.02. The monoisotopic (exact) mass is 346 g/mol. The zero-order valence-corrected chi connectivity index (χ0v) is 12.3. The van der Waals surface area contributed by atoms with Gasteiger partial charge in [-0.3, -0.25) is 4.68 Å². The van der Waals surface area contributed by atoms with Gasteiger partial charge in [0.05, 0.1) is 29.5 Å². The Morgan fingerprint density at radius 2 is 2.20 bits per heavy atom. The Kier molecular flexibility index (Phi) is 4.85. The minimum atomic E-state index is -1.32. The van der Waals surface area contributed by atoms with E-state index in [-0.39, 0.29) is 5.56 Å². The van der Waals surface area contributed by atoms with Gasteiger partial charge in [-0.15, -0.1) is 0 Å². The summed E-state index contributed by atoms with van der Waals surface area (Å²) in [6, 6.07) is 2.96. The quantitative estimate of drug-likeness (QED) is 0.905. The molecule has 0 aliphatic rings. The predicted molar refractivity (Wildman–Crippen MR) is 72.2 cm³/mol. The van der Waals surface area contributed by atoms with Gasteiger partial charge in [-0.2, -0.15) is 5.10 Å². The lowest BCUT2D eigenvalue weighted by atomic mass is 10.1. The molecule has 1 aromatic carbocycles. The molecule has 0 bridgehead atoms. The van der Waals surface area contributed by atoms with Crippen LogP contribution in [0.2, 0.25) is 0 Å². The average molecular weight is 347 g/mol. The fraction of sp³-hybridized carbons (Fsp3) is 0.308. The number of benzene rings is 1. The Hall–Kier alpha value is -1.31. The minimum absolute atomic E-state index is 0.134. The number of nitrogens with zero attached hydrogens (tertiary/aromatic N) is 2. The van der Waals surface area contributed by atoms with Crippen LogP contribution in [0.5, 0.6) is 0 Å². The van der Waals surface area contributed by atoms with Gasteiger partial charge >= 0.3 is 0 Å². The summed E-state index contributed by atoms with van der Waals surface area (Å²) < 4.78 is 33.9. The second-order valence-electron chi connectivity index (χ2n) is 4.16.